The number of amidine groups is 1. The van der Waals surface area contributed by atoms with E-state index in [0.29, 0.717) is 23.7 Å². The fourth-order valence-corrected chi connectivity index (χ4v) is 5.30. The summed E-state index contributed by atoms with van der Waals surface area (Å²) in [4.78, 5) is 38.1. The van der Waals surface area contributed by atoms with Crippen LogP contribution < -0.4 is 20.9 Å². The molecular weight excluding hydrogens is 474 g/mol. The van der Waals surface area contributed by atoms with Gasteiger partial charge in [0, 0.05) is 36.8 Å². The molecule has 0 radical (unpaired) electrons. The number of benzene rings is 1. The smallest absolute Gasteiger partial charge is 0.204 e. The van der Waals surface area contributed by atoms with E-state index < -0.39 is 0 Å². The predicted octanol–water partition coefficient (Wildman–Crippen LogP) is 1.68. The molecule has 3 aliphatic heterocycles. The third-order valence-electron chi connectivity index (χ3n) is 6.26. The fraction of sp³-hybridized carbons (Fsp3) is 0.462. The van der Waals surface area contributed by atoms with E-state index in [4.69, 9.17) is 4.99 Å². The Labute approximate surface area is 218 Å². The molecule has 0 atom stereocenters. The molecule has 0 unspecified atom stereocenters. The van der Waals surface area contributed by atoms with E-state index in [9.17, 15) is 9.59 Å². The molecule has 1 aromatic rings. The van der Waals surface area contributed by atoms with Gasteiger partial charge in [-0.25, -0.2) is 0 Å². The van der Waals surface area contributed by atoms with Crippen molar-refractivity contribution in [3.05, 3.63) is 46.6 Å². The Balaban J connectivity index is 0.000000383. The summed E-state index contributed by atoms with van der Waals surface area (Å²) in [5, 5.41) is 10.3. The van der Waals surface area contributed by atoms with Gasteiger partial charge in [0.2, 0.25) is 5.78 Å². The number of nitrogens with zero attached hydrogens (tertiary/aromatic N) is 4. The van der Waals surface area contributed by atoms with Crippen molar-refractivity contribution >= 4 is 42.1 Å². The summed E-state index contributed by atoms with van der Waals surface area (Å²) in [6.45, 7) is 8.90. The number of Topliss-reactive ketones (excluding diaryl/α,β-unsaturated/α-hetero) is 1. The molecule has 0 bridgehead atoms. The summed E-state index contributed by atoms with van der Waals surface area (Å²) >= 11 is 1.41. The molecule has 1 aromatic carbocycles. The SMILES string of the molecule is C=N/C=C1/C(=O)C(C=O)=C2Sc3ccccc3N2C1=NCCN(C)CCNC.CNC1CCNCC1. The number of fused-ring (bicyclic) bond motifs is 3. The molecule has 0 saturated carbocycles. The molecule has 36 heavy (non-hydrogen) atoms. The van der Waals surface area contributed by atoms with Crippen LogP contribution in [0.1, 0.15) is 12.8 Å². The van der Waals surface area contributed by atoms with Gasteiger partial charge in [-0.15, -0.1) is 0 Å². The van der Waals surface area contributed by atoms with E-state index in [1.807, 2.05) is 50.3 Å². The molecule has 3 aliphatic rings. The number of allylic oxidation sites excluding steroid dienone is 1. The van der Waals surface area contributed by atoms with Gasteiger partial charge in [-0.1, -0.05) is 23.9 Å². The summed E-state index contributed by atoms with van der Waals surface area (Å²) in [7, 11) is 5.99. The number of aliphatic imine (C=N–C) groups is 2. The first-order chi connectivity index (χ1) is 17.5. The molecule has 0 amide bonds. The van der Waals surface area contributed by atoms with Gasteiger partial charge in [-0.3, -0.25) is 24.5 Å². The van der Waals surface area contributed by atoms with Crippen molar-refractivity contribution in [2.45, 2.75) is 23.8 Å². The van der Waals surface area contributed by atoms with E-state index in [1.54, 1.807) is 0 Å². The standard InChI is InChI=1S/C20H23N5O2S.C6H14N2/c1-21-8-10-24(3)11-9-23-19-14(12-22-2)18(27)15(13-26)20-25(19)16-6-4-5-7-17(16)28-20;1-7-6-2-4-8-5-3-6/h4-7,12-13,21H,2,8-11H2,1,3H3;6-8H,2-5H2,1H3/b14-12-,23-19?;. The summed E-state index contributed by atoms with van der Waals surface area (Å²) in [5.41, 5.74) is 1.32. The highest BCUT2D eigenvalue weighted by Crippen LogP contribution is 2.49. The first-order valence-electron chi connectivity index (χ1n) is 12.3. The third kappa shape index (κ3) is 6.77. The zero-order valence-corrected chi connectivity index (χ0v) is 22.2. The zero-order chi connectivity index (χ0) is 25.9. The number of carbonyl (C=O) groups excluding carboxylic acids is 2. The van der Waals surface area contributed by atoms with Crippen LogP contribution in [0.2, 0.25) is 0 Å². The van der Waals surface area contributed by atoms with Gasteiger partial charge >= 0.3 is 0 Å². The summed E-state index contributed by atoms with van der Waals surface area (Å²) < 4.78 is 0. The number of piperidine rings is 1. The second-order valence-electron chi connectivity index (χ2n) is 8.72. The van der Waals surface area contributed by atoms with Crippen LogP contribution in [0.15, 0.2) is 61.5 Å². The third-order valence-corrected chi connectivity index (χ3v) is 7.42. The molecule has 10 heteroatoms. The second kappa shape index (κ2) is 14.2. The molecule has 0 aliphatic carbocycles. The minimum absolute atomic E-state index is 0.126. The number of hydrogen-bond donors (Lipinski definition) is 3. The highest BCUT2D eigenvalue weighted by Gasteiger charge is 2.41. The normalized spacial score (nSPS) is 19.9. The van der Waals surface area contributed by atoms with Gasteiger partial charge in [0.25, 0.3) is 0 Å². The van der Waals surface area contributed by atoms with Crippen LogP contribution in [0.4, 0.5) is 5.69 Å². The van der Waals surface area contributed by atoms with Gasteiger partial charge in [0.15, 0.2) is 6.29 Å². The summed E-state index contributed by atoms with van der Waals surface area (Å²) in [6.07, 6.45) is 4.58. The van der Waals surface area contributed by atoms with Crippen molar-refractivity contribution in [1.82, 2.24) is 20.9 Å². The minimum Gasteiger partial charge on any atom is -0.318 e. The van der Waals surface area contributed by atoms with Crippen LogP contribution in [-0.2, 0) is 9.59 Å². The molecule has 9 nitrogen and oxygen atoms in total. The number of nitrogens with one attached hydrogen (secondary N) is 3. The van der Waals surface area contributed by atoms with Crippen LogP contribution >= 0.6 is 11.8 Å². The maximum Gasteiger partial charge on any atom is 0.204 e. The topological polar surface area (TPSA) is 101 Å². The number of thioether (sulfide) groups is 1. The second-order valence-corrected chi connectivity index (χ2v) is 9.75. The summed E-state index contributed by atoms with van der Waals surface area (Å²) in [5.74, 6) is 0.147. The van der Waals surface area contributed by atoms with E-state index in [0.717, 1.165) is 36.3 Å². The molecular formula is C26H37N7O2S. The average molecular weight is 512 g/mol. The number of likely N-dealkylation sites (N-methyl/N-ethyl adjacent to an activating group) is 2. The van der Waals surface area contributed by atoms with Crippen LogP contribution in [0.3, 0.4) is 0 Å². The highest BCUT2D eigenvalue weighted by molar-refractivity contribution is 8.04. The number of aldehydes is 1. The quantitative estimate of drug-likeness (QED) is 0.199. The number of carbonyl (C=O) groups is 2. The number of para-hydroxylation sites is 1. The van der Waals surface area contributed by atoms with Crippen LogP contribution in [0.25, 0.3) is 0 Å². The van der Waals surface area contributed by atoms with Crippen molar-refractivity contribution in [3.8, 4) is 0 Å². The lowest BCUT2D eigenvalue weighted by Crippen LogP contribution is -2.39. The van der Waals surface area contributed by atoms with Gasteiger partial charge < -0.3 is 20.9 Å². The van der Waals surface area contributed by atoms with Crippen molar-refractivity contribution in [3.63, 3.8) is 0 Å². The lowest BCUT2D eigenvalue weighted by atomic mass is 9.99. The van der Waals surface area contributed by atoms with Crippen LogP contribution in [0.5, 0.6) is 0 Å². The molecule has 1 fully saturated rings. The lowest BCUT2D eigenvalue weighted by molar-refractivity contribution is -0.114. The maximum atomic E-state index is 12.9. The van der Waals surface area contributed by atoms with Crippen molar-refractivity contribution in [2.24, 2.45) is 9.98 Å². The minimum atomic E-state index is -0.365. The van der Waals surface area contributed by atoms with Crippen LogP contribution in [-0.4, -0.2) is 96.0 Å². The monoisotopic (exact) mass is 511 g/mol. The van der Waals surface area contributed by atoms with Gasteiger partial charge in [-0.2, -0.15) is 0 Å². The van der Waals surface area contributed by atoms with Crippen molar-refractivity contribution < 1.29 is 9.59 Å². The first kappa shape index (κ1) is 27.9. The Bertz CT molecular complexity index is 1030. The molecule has 0 aromatic heterocycles. The number of rotatable bonds is 9. The lowest BCUT2D eigenvalue weighted by Gasteiger charge is -2.29. The Hall–Kier alpha value is -2.63. The number of hydrogen-bond acceptors (Lipinski definition) is 9. The predicted molar refractivity (Wildman–Crippen MR) is 149 cm³/mol. The molecule has 1 saturated heterocycles. The van der Waals surface area contributed by atoms with E-state index >= 15 is 0 Å². The molecule has 4 rings (SSSR count). The zero-order valence-electron chi connectivity index (χ0n) is 21.4. The van der Waals surface area contributed by atoms with Crippen molar-refractivity contribution in [2.75, 3.05) is 65.3 Å². The Morgan fingerprint density at radius 1 is 1.25 bits per heavy atom. The number of anilines is 1. The van der Waals surface area contributed by atoms with E-state index in [2.05, 4.69) is 32.6 Å². The van der Waals surface area contributed by atoms with E-state index in [-0.39, 0.29) is 16.9 Å². The highest BCUT2D eigenvalue weighted by atomic mass is 32.2. The molecule has 0 spiro atoms. The molecule has 3 heterocycles. The van der Waals surface area contributed by atoms with Gasteiger partial charge in [-0.05, 0) is 65.9 Å². The maximum absolute atomic E-state index is 12.9. The molecule has 194 valence electrons. The van der Waals surface area contributed by atoms with Crippen LogP contribution in [0, 0.1) is 0 Å². The Morgan fingerprint density at radius 2 is 2.00 bits per heavy atom. The Morgan fingerprint density at radius 3 is 2.64 bits per heavy atom. The first-order valence-corrected chi connectivity index (χ1v) is 13.1. The summed E-state index contributed by atoms with van der Waals surface area (Å²) in [6, 6.07) is 8.56. The fourth-order valence-electron chi connectivity index (χ4n) is 4.16. The van der Waals surface area contributed by atoms with Gasteiger partial charge in [0.1, 0.15) is 10.9 Å². The molecule has 3 N–H and O–H groups in total. The Kier molecular flexibility index (Phi) is 11.0. The largest absolute Gasteiger partial charge is 0.318 e. The van der Waals surface area contributed by atoms with Gasteiger partial charge in [0.05, 0.1) is 23.4 Å². The van der Waals surface area contributed by atoms with Crippen molar-refractivity contribution in [1.29, 1.82) is 0 Å². The number of ketones is 1. The average Bonchev–Trinajstić information content (AvgIpc) is 3.29. The van der Waals surface area contributed by atoms with E-state index in [1.165, 1.54) is 43.9 Å².